The molecule has 5 nitrogen and oxygen atoms in total. The first-order valence-corrected chi connectivity index (χ1v) is 10.6. The van der Waals surface area contributed by atoms with Gasteiger partial charge in [-0.25, -0.2) is 0 Å². The third kappa shape index (κ3) is 6.81. The van der Waals surface area contributed by atoms with E-state index in [1.807, 2.05) is 36.4 Å². The molecule has 2 amide bonds. The Morgan fingerprint density at radius 3 is 2.00 bits per heavy atom. The molecule has 0 bridgehead atoms. The Balaban J connectivity index is 1.74. The van der Waals surface area contributed by atoms with Crippen LogP contribution in [-0.2, 0) is 29.1 Å². The van der Waals surface area contributed by atoms with Gasteiger partial charge in [-0.1, -0.05) is 47.5 Å². The third-order valence-electron chi connectivity index (χ3n) is 4.92. The lowest BCUT2D eigenvalue weighted by Gasteiger charge is -2.29. The molecule has 1 N–H and O–H groups in total. The van der Waals surface area contributed by atoms with Gasteiger partial charge in [-0.15, -0.1) is 0 Å². The SMILES string of the molecule is C[C@H](C(=O)NCc1ccncc1)N(Cc1ccc(Cl)cc1)C(=O)Cc1ccc(Cl)cc1. The Hall–Kier alpha value is -2.89. The zero-order valence-corrected chi connectivity index (χ0v) is 18.6. The lowest BCUT2D eigenvalue weighted by atomic mass is 10.1. The first-order valence-electron chi connectivity index (χ1n) is 9.87. The summed E-state index contributed by atoms with van der Waals surface area (Å²) in [5, 5.41) is 4.13. The van der Waals surface area contributed by atoms with Crippen LogP contribution in [0.5, 0.6) is 0 Å². The van der Waals surface area contributed by atoms with Gasteiger partial charge >= 0.3 is 0 Å². The fraction of sp³-hybridized carbons (Fsp3) is 0.208. The molecule has 2 aromatic carbocycles. The topological polar surface area (TPSA) is 62.3 Å². The van der Waals surface area contributed by atoms with Crippen molar-refractivity contribution in [3.05, 3.63) is 99.8 Å². The van der Waals surface area contributed by atoms with E-state index < -0.39 is 6.04 Å². The van der Waals surface area contributed by atoms with Crippen LogP contribution in [0.1, 0.15) is 23.6 Å². The number of hydrogen-bond donors (Lipinski definition) is 1. The van der Waals surface area contributed by atoms with Crippen LogP contribution in [-0.4, -0.2) is 27.7 Å². The summed E-state index contributed by atoms with van der Waals surface area (Å²) in [7, 11) is 0. The molecule has 1 heterocycles. The van der Waals surface area contributed by atoms with Gasteiger partial charge in [0, 0.05) is 35.5 Å². The molecule has 0 fully saturated rings. The molecular weight excluding hydrogens is 433 g/mol. The van der Waals surface area contributed by atoms with Crippen molar-refractivity contribution in [2.75, 3.05) is 0 Å². The predicted octanol–water partition coefficient (Wildman–Crippen LogP) is 4.66. The molecule has 0 unspecified atom stereocenters. The largest absolute Gasteiger partial charge is 0.350 e. The second kappa shape index (κ2) is 10.9. The normalized spacial score (nSPS) is 11.6. The summed E-state index contributed by atoms with van der Waals surface area (Å²) in [6.45, 7) is 2.40. The maximum Gasteiger partial charge on any atom is 0.242 e. The Morgan fingerprint density at radius 2 is 1.42 bits per heavy atom. The van der Waals surface area contributed by atoms with E-state index in [0.717, 1.165) is 16.7 Å². The number of carbonyl (C=O) groups excluding carboxylic acids is 2. The molecular formula is C24H23Cl2N3O2. The second-order valence-corrected chi connectivity index (χ2v) is 8.07. The predicted molar refractivity (Wildman–Crippen MR) is 123 cm³/mol. The molecule has 0 saturated heterocycles. The van der Waals surface area contributed by atoms with E-state index in [1.54, 1.807) is 48.5 Å². The minimum Gasteiger partial charge on any atom is -0.350 e. The van der Waals surface area contributed by atoms with E-state index in [4.69, 9.17) is 23.2 Å². The summed E-state index contributed by atoms with van der Waals surface area (Å²) in [5.74, 6) is -0.376. The molecule has 1 atom stereocenters. The minimum absolute atomic E-state index is 0.149. The zero-order valence-electron chi connectivity index (χ0n) is 17.1. The highest BCUT2D eigenvalue weighted by Crippen LogP contribution is 2.16. The number of nitrogens with one attached hydrogen (secondary N) is 1. The molecule has 0 aliphatic carbocycles. The van der Waals surface area contributed by atoms with Gasteiger partial charge in [0.2, 0.25) is 11.8 Å². The van der Waals surface area contributed by atoms with Gasteiger partial charge in [-0.3, -0.25) is 14.6 Å². The number of pyridine rings is 1. The molecule has 0 aliphatic heterocycles. The van der Waals surface area contributed by atoms with Gasteiger partial charge < -0.3 is 10.2 Å². The highest BCUT2D eigenvalue weighted by Gasteiger charge is 2.26. The average Bonchev–Trinajstić information content (AvgIpc) is 2.78. The second-order valence-electron chi connectivity index (χ2n) is 7.20. The molecule has 0 saturated carbocycles. The quantitative estimate of drug-likeness (QED) is 0.536. The third-order valence-corrected chi connectivity index (χ3v) is 5.42. The van der Waals surface area contributed by atoms with Crippen LogP contribution >= 0.6 is 23.2 Å². The van der Waals surface area contributed by atoms with Crippen molar-refractivity contribution < 1.29 is 9.59 Å². The van der Waals surface area contributed by atoms with Gasteiger partial charge in [-0.2, -0.15) is 0 Å². The van der Waals surface area contributed by atoms with E-state index in [2.05, 4.69) is 10.3 Å². The van der Waals surface area contributed by atoms with Crippen molar-refractivity contribution in [3.8, 4) is 0 Å². The molecule has 3 aromatic rings. The van der Waals surface area contributed by atoms with Crippen LogP contribution in [0.15, 0.2) is 73.1 Å². The number of nitrogens with zero attached hydrogens (tertiary/aromatic N) is 2. The monoisotopic (exact) mass is 455 g/mol. The number of amides is 2. The standard InChI is InChI=1S/C24H23Cl2N3O2/c1-17(24(31)28-15-19-10-12-27-13-11-19)29(16-20-4-8-22(26)9-5-20)23(30)14-18-2-6-21(25)7-3-18/h2-13,17H,14-16H2,1H3,(H,28,31)/t17-/m1/s1. The minimum atomic E-state index is -0.655. The molecule has 7 heteroatoms. The lowest BCUT2D eigenvalue weighted by Crippen LogP contribution is -2.47. The summed E-state index contributed by atoms with van der Waals surface area (Å²) in [6, 6.07) is 17.4. The number of aromatic nitrogens is 1. The summed E-state index contributed by atoms with van der Waals surface area (Å²) in [5.41, 5.74) is 2.66. The molecule has 1 aromatic heterocycles. The van der Waals surface area contributed by atoms with Gasteiger partial charge in [0.25, 0.3) is 0 Å². The van der Waals surface area contributed by atoms with Gasteiger partial charge in [0.05, 0.1) is 6.42 Å². The van der Waals surface area contributed by atoms with Gasteiger partial charge in [0.15, 0.2) is 0 Å². The smallest absolute Gasteiger partial charge is 0.242 e. The van der Waals surface area contributed by atoms with E-state index in [9.17, 15) is 9.59 Å². The van der Waals surface area contributed by atoms with Crippen LogP contribution < -0.4 is 5.32 Å². The number of benzene rings is 2. The molecule has 0 spiro atoms. The summed E-state index contributed by atoms with van der Waals surface area (Å²) in [6.07, 6.45) is 3.52. The van der Waals surface area contributed by atoms with Crippen LogP contribution in [0.4, 0.5) is 0 Å². The Kier molecular flexibility index (Phi) is 8.04. The van der Waals surface area contributed by atoms with Crippen molar-refractivity contribution >= 4 is 35.0 Å². The van der Waals surface area contributed by atoms with Crippen LogP contribution in [0.25, 0.3) is 0 Å². The zero-order chi connectivity index (χ0) is 22.2. The Labute approximate surface area is 192 Å². The van der Waals surface area contributed by atoms with Crippen molar-refractivity contribution in [2.24, 2.45) is 0 Å². The Morgan fingerprint density at radius 1 is 0.871 bits per heavy atom. The van der Waals surface area contributed by atoms with E-state index in [0.29, 0.717) is 23.1 Å². The molecule has 3 rings (SSSR count). The average molecular weight is 456 g/mol. The Bertz CT molecular complexity index is 1010. The number of hydrogen-bond acceptors (Lipinski definition) is 3. The summed E-state index contributed by atoms with van der Waals surface area (Å²) < 4.78 is 0. The highest BCUT2D eigenvalue weighted by atomic mass is 35.5. The molecule has 0 radical (unpaired) electrons. The van der Waals surface area contributed by atoms with Crippen molar-refractivity contribution in [3.63, 3.8) is 0 Å². The van der Waals surface area contributed by atoms with E-state index in [1.165, 1.54) is 0 Å². The fourth-order valence-electron chi connectivity index (χ4n) is 3.09. The van der Waals surface area contributed by atoms with Crippen molar-refractivity contribution in [1.29, 1.82) is 0 Å². The first kappa shape index (κ1) is 22.8. The van der Waals surface area contributed by atoms with Gasteiger partial charge in [-0.05, 0) is 60.0 Å². The summed E-state index contributed by atoms with van der Waals surface area (Å²) >= 11 is 11.9. The summed E-state index contributed by atoms with van der Waals surface area (Å²) in [4.78, 5) is 31.6. The fourth-order valence-corrected chi connectivity index (χ4v) is 3.34. The number of carbonyl (C=O) groups is 2. The lowest BCUT2D eigenvalue weighted by molar-refractivity contribution is -0.140. The maximum absolute atomic E-state index is 13.2. The molecule has 31 heavy (non-hydrogen) atoms. The van der Waals surface area contributed by atoms with Crippen LogP contribution in [0.2, 0.25) is 10.0 Å². The van der Waals surface area contributed by atoms with E-state index in [-0.39, 0.29) is 18.2 Å². The van der Waals surface area contributed by atoms with Gasteiger partial charge in [0.1, 0.15) is 6.04 Å². The number of halogens is 2. The number of rotatable bonds is 8. The van der Waals surface area contributed by atoms with Crippen molar-refractivity contribution in [1.82, 2.24) is 15.2 Å². The first-order chi connectivity index (χ1) is 14.9. The van der Waals surface area contributed by atoms with Crippen LogP contribution in [0, 0.1) is 0 Å². The van der Waals surface area contributed by atoms with Crippen LogP contribution in [0.3, 0.4) is 0 Å². The molecule has 160 valence electrons. The van der Waals surface area contributed by atoms with E-state index >= 15 is 0 Å². The molecule has 0 aliphatic rings. The van der Waals surface area contributed by atoms with Crippen molar-refractivity contribution in [2.45, 2.75) is 32.5 Å². The highest BCUT2D eigenvalue weighted by molar-refractivity contribution is 6.30. The maximum atomic E-state index is 13.2.